The van der Waals surface area contributed by atoms with Crippen molar-refractivity contribution in [1.82, 2.24) is 15.0 Å². The molecule has 0 saturated carbocycles. The summed E-state index contributed by atoms with van der Waals surface area (Å²) in [7, 11) is 0. The van der Waals surface area contributed by atoms with Gasteiger partial charge in [-0.05, 0) is 36.4 Å². The first kappa shape index (κ1) is 18.0. The summed E-state index contributed by atoms with van der Waals surface area (Å²) >= 11 is 1.29. The Morgan fingerprint density at radius 2 is 1.96 bits per heavy atom. The zero-order valence-corrected chi connectivity index (χ0v) is 15.7. The molecule has 0 bridgehead atoms. The highest BCUT2D eigenvalue weighted by atomic mass is 32.1. The van der Waals surface area contributed by atoms with Crippen molar-refractivity contribution < 1.29 is 13.6 Å². The summed E-state index contributed by atoms with van der Waals surface area (Å²) in [5.74, 6) is -0.330. The smallest absolute Gasteiger partial charge is 0.295 e. The Kier molecular flexibility index (Phi) is 4.94. The molecule has 0 aliphatic heterocycles. The molecule has 0 radical (unpaired) electrons. The van der Waals surface area contributed by atoms with Crippen LogP contribution in [0.2, 0.25) is 0 Å². The summed E-state index contributed by atoms with van der Waals surface area (Å²) in [6.45, 7) is 1.88. The van der Waals surface area contributed by atoms with Crippen molar-refractivity contribution in [1.29, 1.82) is 0 Å². The van der Waals surface area contributed by atoms with Crippen LogP contribution in [0.15, 0.2) is 58.5 Å². The lowest BCUT2D eigenvalue weighted by molar-refractivity contribution is 0.0996. The SMILES string of the molecule is CCc1nc(-c2ccc(F)cc2)c(C(=O)Nc2nc(-c3ccccn3)cs2)o1. The number of benzene rings is 1. The number of carbonyl (C=O) groups excluding carboxylic acids is 1. The predicted molar refractivity (Wildman–Crippen MR) is 105 cm³/mol. The maximum atomic E-state index is 13.2. The van der Waals surface area contributed by atoms with E-state index in [0.29, 0.717) is 34.4 Å². The second-order valence-electron chi connectivity index (χ2n) is 5.85. The quantitative estimate of drug-likeness (QED) is 0.525. The number of halogens is 1. The number of pyridine rings is 1. The summed E-state index contributed by atoms with van der Waals surface area (Å²) in [6, 6.07) is 11.3. The third kappa shape index (κ3) is 3.67. The molecule has 1 N–H and O–H groups in total. The largest absolute Gasteiger partial charge is 0.435 e. The number of amides is 1. The normalized spacial score (nSPS) is 10.8. The summed E-state index contributed by atoms with van der Waals surface area (Å²) in [5.41, 5.74) is 2.37. The van der Waals surface area contributed by atoms with Crippen LogP contribution in [0.1, 0.15) is 23.4 Å². The van der Waals surface area contributed by atoms with E-state index in [2.05, 4.69) is 20.3 Å². The number of aryl methyl sites for hydroxylation is 1. The molecule has 0 unspecified atom stereocenters. The molecule has 0 spiro atoms. The Morgan fingerprint density at radius 1 is 1.14 bits per heavy atom. The average Bonchev–Trinajstić information content (AvgIpc) is 3.36. The summed E-state index contributed by atoms with van der Waals surface area (Å²) in [5, 5.41) is 4.98. The Morgan fingerprint density at radius 3 is 2.68 bits per heavy atom. The second-order valence-corrected chi connectivity index (χ2v) is 6.71. The minimum atomic E-state index is -0.464. The van der Waals surface area contributed by atoms with E-state index in [0.717, 1.165) is 5.69 Å². The van der Waals surface area contributed by atoms with Crippen LogP contribution in [-0.2, 0) is 6.42 Å². The third-order valence-corrected chi connectivity index (χ3v) is 4.71. The van der Waals surface area contributed by atoms with E-state index in [1.807, 2.05) is 30.5 Å². The Labute approximate surface area is 164 Å². The van der Waals surface area contributed by atoms with Gasteiger partial charge in [0.15, 0.2) is 11.0 Å². The first-order chi connectivity index (χ1) is 13.6. The second kappa shape index (κ2) is 7.69. The van der Waals surface area contributed by atoms with Crippen LogP contribution in [0, 0.1) is 5.82 Å². The number of hydrogen-bond donors (Lipinski definition) is 1. The van der Waals surface area contributed by atoms with E-state index in [-0.39, 0.29) is 11.6 Å². The number of thiazole rings is 1. The molecule has 0 atom stereocenters. The summed E-state index contributed by atoms with van der Waals surface area (Å²) in [6.07, 6.45) is 2.21. The van der Waals surface area contributed by atoms with Gasteiger partial charge in [0.25, 0.3) is 5.91 Å². The molecule has 3 aromatic heterocycles. The number of anilines is 1. The molecular weight excluding hydrogens is 379 g/mol. The predicted octanol–water partition coefficient (Wildman–Crippen LogP) is 4.81. The van der Waals surface area contributed by atoms with Crippen molar-refractivity contribution >= 4 is 22.4 Å². The lowest BCUT2D eigenvalue weighted by Crippen LogP contribution is -2.12. The van der Waals surface area contributed by atoms with Gasteiger partial charge in [-0.25, -0.2) is 14.4 Å². The number of rotatable bonds is 5. The summed E-state index contributed by atoms with van der Waals surface area (Å²) < 4.78 is 18.8. The van der Waals surface area contributed by atoms with Crippen molar-refractivity contribution in [2.24, 2.45) is 0 Å². The molecule has 0 aliphatic carbocycles. The van der Waals surface area contributed by atoms with Gasteiger partial charge in [-0.15, -0.1) is 11.3 Å². The lowest BCUT2D eigenvalue weighted by atomic mass is 10.1. The zero-order valence-electron chi connectivity index (χ0n) is 14.8. The van der Waals surface area contributed by atoms with Gasteiger partial charge in [-0.2, -0.15) is 0 Å². The fraction of sp³-hybridized carbons (Fsp3) is 0.100. The molecule has 4 aromatic rings. The molecule has 140 valence electrons. The minimum Gasteiger partial charge on any atom is -0.435 e. The molecule has 28 heavy (non-hydrogen) atoms. The van der Waals surface area contributed by atoms with Crippen molar-refractivity contribution in [3.8, 4) is 22.6 Å². The van der Waals surface area contributed by atoms with Crippen molar-refractivity contribution in [3.63, 3.8) is 0 Å². The van der Waals surface area contributed by atoms with Gasteiger partial charge in [-0.1, -0.05) is 13.0 Å². The fourth-order valence-corrected chi connectivity index (χ4v) is 3.29. The molecule has 0 fully saturated rings. The fourth-order valence-electron chi connectivity index (χ4n) is 2.59. The average molecular weight is 394 g/mol. The van der Waals surface area contributed by atoms with Gasteiger partial charge < -0.3 is 4.42 Å². The number of nitrogens with zero attached hydrogens (tertiary/aromatic N) is 3. The molecule has 8 heteroatoms. The minimum absolute atomic E-state index is 0.0676. The van der Waals surface area contributed by atoms with E-state index in [9.17, 15) is 9.18 Å². The van der Waals surface area contributed by atoms with Crippen molar-refractivity contribution in [3.05, 3.63) is 71.5 Å². The molecule has 0 aliphatic rings. The van der Waals surface area contributed by atoms with Gasteiger partial charge in [0.1, 0.15) is 17.2 Å². The lowest BCUT2D eigenvalue weighted by Gasteiger charge is -2.02. The van der Waals surface area contributed by atoms with E-state index in [1.54, 1.807) is 18.3 Å². The summed E-state index contributed by atoms with van der Waals surface area (Å²) in [4.78, 5) is 25.8. The van der Waals surface area contributed by atoms with Crippen LogP contribution < -0.4 is 5.32 Å². The topological polar surface area (TPSA) is 80.9 Å². The maximum Gasteiger partial charge on any atom is 0.295 e. The maximum absolute atomic E-state index is 13.2. The van der Waals surface area contributed by atoms with Crippen LogP contribution in [-0.4, -0.2) is 20.9 Å². The van der Waals surface area contributed by atoms with Crippen LogP contribution in [0.4, 0.5) is 9.52 Å². The number of hydrogen-bond acceptors (Lipinski definition) is 6. The van der Waals surface area contributed by atoms with Gasteiger partial charge in [-0.3, -0.25) is 15.1 Å². The van der Waals surface area contributed by atoms with Gasteiger partial charge in [0.2, 0.25) is 5.76 Å². The number of aromatic nitrogens is 3. The molecule has 4 rings (SSSR count). The highest BCUT2D eigenvalue weighted by Gasteiger charge is 2.22. The molecule has 6 nitrogen and oxygen atoms in total. The number of oxazole rings is 1. The standard InChI is InChI=1S/C20H15FN4O2S/c1-2-16-24-17(12-6-8-13(21)9-7-12)18(27-16)19(26)25-20-23-15(11-28-20)14-5-3-4-10-22-14/h3-11H,2H2,1H3,(H,23,25,26). The van der Waals surface area contributed by atoms with Crippen molar-refractivity contribution in [2.45, 2.75) is 13.3 Å². The number of nitrogens with one attached hydrogen (secondary N) is 1. The van der Waals surface area contributed by atoms with E-state index < -0.39 is 5.91 Å². The third-order valence-electron chi connectivity index (χ3n) is 3.95. The highest BCUT2D eigenvalue weighted by Crippen LogP contribution is 2.27. The van der Waals surface area contributed by atoms with Gasteiger partial charge >= 0.3 is 0 Å². The molecule has 3 heterocycles. The van der Waals surface area contributed by atoms with Crippen LogP contribution >= 0.6 is 11.3 Å². The first-order valence-corrected chi connectivity index (χ1v) is 9.46. The van der Waals surface area contributed by atoms with Gasteiger partial charge in [0, 0.05) is 23.6 Å². The van der Waals surface area contributed by atoms with E-state index in [4.69, 9.17) is 4.42 Å². The van der Waals surface area contributed by atoms with Crippen LogP contribution in [0.5, 0.6) is 0 Å². The Hall–Kier alpha value is -3.39. The van der Waals surface area contributed by atoms with Crippen molar-refractivity contribution in [2.75, 3.05) is 5.32 Å². The van der Waals surface area contributed by atoms with Crippen LogP contribution in [0.3, 0.4) is 0 Å². The Balaban J connectivity index is 1.61. The van der Waals surface area contributed by atoms with E-state index in [1.165, 1.54) is 23.5 Å². The highest BCUT2D eigenvalue weighted by molar-refractivity contribution is 7.14. The Bertz CT molecular complexity index is 1110. The van der Waals surface area contributed by atoms with Crippen LogP contribution in [0.25, 0.3) is 22.6 Å². The van der Waals surface area contributed by atoms with E-state index >= 15 is 0 Å². The van der Waals surface area contributed by atoms with Gasteiger partial charge in [0.05, 0.1) is 5.69 Å². The molecule has 1 aromatic carbocycles. The molecular formula is C20H15FN4O2S. The molecule has 0 saturated heterocycles. The number of carbonyl (C=O) groups is 1. The monoisotopic (exact) mass is 394 g/mol. The zero-order chi connectivity index (χ0) is 19.5. The molecule has 1 amide bonds. The first-order valence-electron chi connectivity index (χ1n) is 8.58.